The Kier molecular flexibility index (Phi) is 8.94. The summed E-state index contributed by atoms with van der Waals surface area (Å²) < 4.78 is 9.77. The standard InChI is InChI=1S/C36H44N6O4/c1-5-9-31-29(21-24-12-13-27(25-10-7-6-8-11-25)28(20-24)30-22-32(43)40-39-30)33(44)41(34-37-23-38-42(31)34)26-14-16-36(46-4,17-15-26)19-18-35(2,3)45/h6-8,10-13,20,23,26,45H,5,9,14-19,21-22H2,1-4H3,(H,40,43). The highest BCUT2D eigenvalue weighted by atomic mass is 16.5. The van der Waals surface area contributed by atoms with Gasteiger partial charge in [0.25, 0.3) is 5.56 Å². The first-order chi connectivity index (χ1) is 22.1. The predicted molar refractivity (Wildman–Crippen MR) is 178 cm³/mol. The largest absolute Gasteiger partial charge is 0.390 e. The molecule has 46 heavy (non-hydrogen) atoms. The van der Waals surface area contributed by atoms with E-state index in [2.05, 4.69) is 45.7 Å². The molecule has 242 valence electrons. The molecule has 0 saturated heterocycles. The summed E-state index contributed by atoms with van der Waals surface area (Å²) in [6.07, 6.45) is 8.26. The number of fused-ring (bicyclic) bond motifs is 1. The molecule has 1 aliphatic carbocycles. The molecule has 1 fully saturated rings. The molecule has 0 spiro atoms. The fourth-order valence-corrected chi connectivity index (χ4v) is 7.08. The molecule has 6 rings (SSSR count). The summed E-state index contributed by atoms with van der Waals surface area (Å²) in [5.41, 5.74) is 7.66. The van der Waals surface area contributed by atoms with Gasteiger partial charge >= 0.3 is 0 Å². The molecule has 3 heterocycles. The second kappa shape index (κ2) is 12.9. The van der Waals surface area contributed by atoms with Crippen LogP contribution in [0.1, 0.15) is 101 Å². The van der Waals surface area contributed by atoms with Crippen LogP contribution in [0.25, 0.3) is 16.9 Å². The highest BCUT2D eigenvalue weighted by Crippen LogP contribution is 2.41. The summed E-state index contributed by atoms with van der Waals surface area (Å²) in [6.45, 7) is 5.77. The normalized spacial score (nSPS) is 20.2. The Morgan fingerprint density at radius 3 is 2.50 bits per heavy atom. The van der Waals surface area contributed by atoms with Crippen LogP contribution in [0, 0.1) is 0 Å². The van der Waals surface area contributed by atoms with E-state index in [4.69, 9.17) is 4.74 Å². The zero-order chi connectivity index (χ0) is 32.5. The fourth-order valence-electron chi connectivity index (χ4n) is 7.08. The van der Waals surface area contributed by atoms with Crippen LogP contribution >= 0.6 is 0 Å². The number of carbonyl (C=O) groups is 1. The van der Waals surface area contributed by atoms with Gasteiger partial charge in [0.2, 0.25) is 11.7 Å². The summed E-state index contributed by atoms with van der Waals surface area (Å²) in [5.74, 6) is 0.447. The van der Waals surface area contributed by atoms with Crippen molar-refractivity contribution in [1.82, 2.24) is 24.6 Å². The minimum Gasteiger partial charge on any atom is -0.390 e. The van der Waals surface area contributed by atoms with Gasteiger partial charge in [0.05, 0.1) is 29.0 Å². The zero-order valence-corrected chi connectivity index (χ0v) is 27.3. The molecule has 1 amide bonds. The SMILES string of the molecule is CCCc1c(Cc2ccc(-c3ccccc3)c(C3=NNC(=O)C3)c2)c(=O)n(C2CCC(CCC(C)(C)O)(OC)CC2)c2ncnn12. The maximum atomic E-state index is 14.6. The van der Waals surface area contributed by atoms with Gasteiger partial charge in [-0.05, 0) is 81.5 Å². The number of hydrazone groups is 1. The molecule has 1 saturated carbocycles. The van der Waals surface area contributed by atoms with Gasteiger partial charge in [-0.2, -0.15) is 15.2 Å². The molecule has 2 aliphatic rings. The molecular weight excluding hydrogens is 580 g/mol. The molecule has 2 N–H and O–H groups in total. The smallest absolute Gasteiger partial charge is 0.259 e. The predicted octanol–water partition coefficient (Wildman–Crippen LogP) is 5.38. The van der Waals surface area contributed by atoms with Gasteiger partial charge in [0.1, 0.15) is 6.33 Å². The molecule has 10 nitrogen and oxygen atoms in total. The number of hydrogen-bond acceptors (Lipinski definition) is 7. The van der Waals surface area contributed by atoms with Gasteiger partial charge in [0.15, 0.2) is 0 Å². The second-order valence-electron chi connectivity index (χ2n) is 13.4. The summed E-state index contributed by atoms with van der Waals surface area (Å²) in [7, 11) is 1.76. The molecular formula is C36H44N6O4. The van der Waals surface area contributed by atoms with E-state index in [0.29, 0.717) is 36.3 Å². The molecule has 10 heteroatoms. The Bertz CT molecular complexity index is 1810. The number of nitrogens with zero attached hydrogens (tertiary/aromatic N) is 5. The van der Waals surface area contributed by atoms with Crippen LogP contribution < -0.4 is 11.0 Å². The summed E-state index contributed by atoms with van der Waals surface area (Å²) in [5, 5.41) is 19.3. The second-order valence-corrected chi connectivity index (χ2v) is 13.4. The minimum absolute atomic E-state index is 0.0286. The quantitative estimate of drug-likeness (QED) is 0.231. The van der Waals surface area contributed by atoms with E-state index < -0.39 is 5.60 Å². The third-order valence-corrected chi connectivity index (χ3v) is 9.67. The lowest BCUT2D eigenvalue weighted by Crippen LogP contribution is -2.41. The van der Waals surface area contributed by atoms with E-state index in [1.807, 2.05) is 53.3 Å². The van der Waals surface area contributed by atoms with Crippen molar-refractivity contribution < 1.29 is 14.6 Å². The number of methoxy groups -OCH3 is 1. The Morgan fingerprint density at radius 1 is 1.09 bits per heavy atom. The number of carbonyl (C=O) groups excluding carboxylic acids is 1. The summed E-state index contributed by atoms with van der Waals surface area (Å²) in [4.78, 5) is 31.3. The number of hydrogen-bond donors (Lipinski definition) is 2. The van der Waals surface area contributed by atoms with Crippen LogP contribution in [0.4, 0.5) is 0 Å². The topological polar surface area (TPSA) is 123 Å². The third-order valence-electron chi connectivity index (χ3n) is 9.67. The highest BCUT2D eigenvalue weighted by molar-refractivity contribution is 6.16. The minimum atomic E-state index is -0.757. The first-order valence-electron chi connectivity index (χ1n) is 16.4. The zero-order valence-electron chi connectivity index (χ0n) is 27.3. The van der Waals surface area contributed by atoms with Crippen LogP contribution in [-0.4, -0.2) is 54.2 Å². The molecule has 1 aliphatic heterocycles. The number of aliphatic hydroxyl groups is 1. The maximum Gasteiger partial charge on any atom is 0.259 e. The van der Waals surface area contributed by atoms with Gasteiger partial charge in [0, 0.05) is 30.7 Å². The van der Waals surface area contributed by atoms with Crippen molar-refractivity contribution in [2.24, 2.45) is 5.10 Å². The van der Waals surface area contributed by atoms with Crippen LogP contribution in [-0.2, 0) is 22.4 Å². The summed E-state index contributed by atoms with van der Waals surface area (Å²) in [6, 6.07) is 16.2. The van der Waals surface area contributed by atoms with Crippen molar-refractivity contribution in [3.05, 3.63) is 87.6 Å². The number of rotatable bonds is 11. The van der Waals surface area contributed by atoms with E-state index in [1.54, 1.807) is 7.11 Å². The van der Waals surface area contributed by atoms with E-state index in [-0.39, 0.29) is 29.5 Å². The summed E-state index contributed by atoms with van der Waals surface area (Å²) >= 11 is 0. The van der Waals surface area contributed by atoms with Crippen molar-refractivity contribution in [3.8, 4) is 11.1 Å². The Balaban J connectivity index is 1.38. The molecule has 2 aromatic heterocycles. The lowest BCUT2D eigenvalue weighted by Gasteiger charge is -2.41. The molecule has 4 aromatic rings. The van der Waals surface area contributed by atoms with Crippen LogP contribution in [0.5, 0.6) is 0 Å². The molecule has 0 unspecified atom stereocenters. The van der Waals surface area contributed by atoms with Crippen molar-refractivity contribution >= 4 is 17.4 Å². The van der Waals surface area contributed by atoms with Crippen LogP contribution in [0.2, 0.25) is 0 Å². The van der Waals surface area contributed by atoms with Gasteiger partial charge in [-0.25, -0.2) is 9.94 Å². The number of benzene rings is 2. The number of aryl methyl sites for hydroxylation is 1. The van der Waals surface area contributed by atoms with Crippen LogP contribution in [0.3, 0.4) is 0 Å². The number of aromatic nitrogens is 4. The molecule has 0 radical (unpaired) electrons. The molecule has 0 bridgehead atoms. The van der Waals surface area contributed by atoms with E-state index in [0.717, 1.165) is 66.5 Å². The highest BCUT2D eigenvalue weighted by Gasteiger charge is 2.38. The average Bonchev–Trinajstić information content (AvgIpc) is 3.72. The number of nitrogens with one attached hydrogen (secondary N) is 1. The van der Waals surface area contributed by atoms with E-state index >= 15 is 0 Å². The Labute approximate surface area is 269 Å². The molecule has 0 atom stereocenters. The van der Waals surface area contributed by atoms with E-state index in [1.165, 1.54) is 6.33 Å². The number of ether oxygens (including phenoxy) is 1. The number of amides is 1. The van der Waals surface area contributed by atoms with Gasteiger partial charge < -0.3 is 9.84 Å². The lowest BCUT2D eigenvalue weighted by molar-refractivity contribution is -0.119. The first kappa shape index (κ1) is 31.8. The van der Waals surface area contributed by atoms with Crippen molar-refractivity contribution in [2.75, 3.05) is 7.11 Å². The maximum absolute atomic E-state index is 14.6. The van der Waals surface area contributed by atoms with Crippen molar-refractivity contribution in [1.29, 1.82) is 0 Å². The fraction of sp³-hybridized carbons (Fsp3) is 0.472. The van der Waals surface area contributed by atoms with Crippen LogP contribution in [0.15, 0.2) is 64.8 Å². The average molecular weight is 625 g/mol. The van der Waals surface area contributed by atoms with Gasteiger partial charge in [-0.3, -0.25) is 14.2 Å². The Hall–Kier alpha value is -4.15. The lowest BCUT2D eigenvalue weighted by atomic mass is 9.77. The van der Waals surface area contributed by atoms with Gasteiger partial charge in [-0.15, -0.1) is 0 Å². The first-order valence-corrected chi connectivity index (χ1v) is 16.4. The monoisotopic (exact) mass is 624 g/mol. The molecule has 2 aromatic carbocycles. The van der Waals surface area contributed by atoms with Crippen molar-refractivity contribution in [2.45, 2.75) is 102 Å². The van der Waals surface area contributed by atoms with Crippen molar-refractivity contribution in [3.63, 3.8) is 0 Å². The Morgan fingerprint density at radius 2 is 1.85 bits per heavy atom. The van der Waals surface area contributed by atoms with E-state index in [9.17, 15) is 14.7 Å². The third kappa shape index (κ3) is 6.41. The van der Waals surface area contributed by atoms with Gasteiger partial charge in [-0.1, -0.05) is 55.8 Å².